The van der Waals surface area contributed by atoms with Crippen LogP contribution in [0.5, 0.6) is 5.75 Å². The van der Waals surface area contributed by atoms with Gasteiger partial charge in [-0.05, 0) is 30.3 Å². The summed E-state index contributed by atoms with van der Waals surface area (Å²) in [7, 11) is 1.53. The van der Waals surface area contributed by atoms with Gasteiger partial charge in [0.2, 0.25) is 0 Å². The van der Waals surface area contributed by atoms with Crippen LogP contribution in [0.25, 0.3) is 0 Å². The molecule has 0 aliphatic rings. The molecule has 4 nitrogen and oxygen atoms in total. The van der Waals surface area contributed by atoms with Gasteiger partial charge >= 0.3 is 0 Å². The lowest BCUT2D eigenvalue weighted by atomic mass is 10.2. The van der Waals surface area contributed by atoms with Gasteiger partial charge in [0.25, 0.3) is 0 Å². The molecule has 0 bridgehead atoms. The smallest absolute Gasteiger partial charge is 0.143 e. The lowest BCUT2D eigenvalue weighted by Gasteiger charge is -2.12. The fourth-order valence-corrected chi connectivity index (χ4v) is 1.68. The average molecular weight is 257 g/mol. The third kappa shape index (κ3) is 2.58. The van der Waals surface area contributed by atoms with Crippen molar-refractivity contribution >= 4 is 17.1 Å². The Kier molecular flexibility index (Phi) is 3.53. The SMILES string of the molecule is COc1cccc(Nc2ccc(F)c(C#N)c2)c1N. The number of para-hydroxylation sites is 1. The van der Waals surface area contributed by atoms with Gasteiger partial charge in [0.05, 0.1) is 24.0 Å². The van der Waals surface area contributed by atoms with Crippen molar-refractivity contribution in [3.63, 3.8) is 0 Å². The number of nitrogen functional groups attached to an aromatic ring is 1. The molecular formula is C14H12FN3O. The second-order valence-electron chi connectivity index (χ2n) is 3.85. The minimum atomic E-state index is -0.549. The van der Waals surface area contributed by atoms with Crippen molar-refractivity contribution in [2.45, 2.75) is 0 Å². The maximum Gasteiger partial charge on any atom is 0.143 e. The summed E-state index contributed by atoms with van der Waals surface area (Å²) < 4.78 is 18.3. The molecule has 0 unspecified atom stereocenters. The number of nitrogens with one attached hydrogen (secondary N) is 1. The van der Waals surface area contributed by atoms with E-state index < -0.39 is 5.82 Å². The van der Waals surface area contributed by atoms with Crippen LogP contribution in [-0.4, -0.2) is 7.11 Å². The highest BCUT2D eigenvalue weighted by Crippen LogP contribution is 2.31. The van der Waals surface area contributed by atoms with Crippen molar-refractivity contribution in [3.05, 3.63) is 47.8 Å². The molecule has 0 spiro atoms. The number of nitrogens with zero attached hydrogens (tertiary/aromatic N) is 1. The first-order valence-corrected chi connectivity index (χ1v) is 5.55. The van der Waals surface area contributed by atoms with Crippen LogP contribution in [-0.2, 0) is 0 Å². The van der Waals surface area contributed by atoms with Crippen molar-refractivity contribution in [1.29, 1.82) is 5.26 Å². The highest BCUT2D eigenvalue weighted by molar-refractivity contribution is 5.77. The van der Waals surface area contributed by atoms with E-state index in [0.717, 1.165) is 0 Å². The number of methoxy groups -OCH3 is 1. The number of halogens is 1. The van der Waals surface area contributed by atoms with E-state index in [-0.39, 0.29) is 5.56 Å². The topological polar surface area (TPSA) is 71.1 Å². The van der Waals surface area contributed by atoms with Crippen LogP contribution in [0, 0.1) is 17.1 Å². The van der Waals surface area contributed by atoms with Gasteiger partial charge in [-0.2, -0.15) is 5.26 Å². The molecule has 2 rings (SSSR count). The Morgan fingerprint density at radius 1 is 1.32 bits per heavy atom. The van der Waals surface area contributed by atoms with Crippen molar-refractivity contribution in [2.75, 3.05) is 18.2 Å². The summed E-state index contributed by atoms with van der Waals surface area (Å²) in [6.07, 6.45) is 0. The van der Waals surface area contributed by atoms with Crippen LogP contribution in [0.2, 0.25) is 0 Å². The zero-order valence-corrected chi connectivity index (χ0v) is 10.3. The van der Waals surface area contributed by atoms with Gasteiger partial charge in [-0.15, -0.1) is 0 Å². The minimum absolute atomic E-state index is 0.0218. The monoisotopic (exact) mass is 257 g/mol. The molecule has 0 saturated heterocycles. The fraction of sp³-hybridized carbons (Fsp3) is 0.0714. The molecule has 96 valence electrons. The van der Waals surface area contributed by atoms with E-state index >= 15 is 0 Å². The number of ether oxygens (including phenoxy) is 1. The van der Waals surface area contributed by atoms with E-state index in [0.29, 0.717) is 22.8 Å². The van der Waals surface area contributed by atoms with E-state index in [1.54, 1.807) is 24.3 Å². The van der Waals surface area contributed by atoms with Gasteiger partial charge in [-0.25, -0.2) is 4.39 Å². The molecule has 0 radical (unpaired) electrons. The van der Waals surface area contributed by atoms with E-state index in [2.05, 4.69) is 5.32 Å². The van der Waals surface area contributed by atoms with Crippen LogP contribution >= 0.6 is 0 Å². The van der Waals surface area contributed by atoms with Gasteiger partial charge in [0.15, 0.2) is 0 Å². The predicted octanol–water partition coefficient (Wildman–Crippen LogP) is 3.03. The normalized spacial score (nSPS) is 9.74. The Balaban J connectivity index is 2.34. The van der Waals surface area contributed by atoms with E-state index in [4.69, 9.17) is 15.7 Å². The standard InChI is InChI=1S/C14H12FN3O/c1-19-13-4-2-3-12(14(13)17)18-10-5-6-11(15)9(7-10)8-16/h2-7,18H,17H2,1H3. The highest BCUT2D eigenvalue weighted by atomic mass is 19.1. The van der Waals surface area contributed by atoms with Crippen LogP contribution < -0.4 is 15.8 Å². The Bertz CT molecular complexity index is 650. The van der Waals surface area contributed by atoms with Gasteiger partial charge in [-0.3, -0.25) is 0 Å². The summed E-state index contributed by atoms with van der Waals surface area (Å²) in [4.78, 5) is 0. The molecule has 0 saturated carbocycles. The zero-order valence-electron chi connectivity index (χ0n) is 10.3. The number of anilines is 3. The van der Waals surface area contributed by atoms with E-state index in [1.165, 1.54) is 25.3 Å². The number of nitrogens with two attached hydrogens (primary N) is 1. The molecule has 2 aromatic rings. The summed E-state index contributed by atoms with van der Waals surface area (Å²) >= 11 is 0. The average Bonchev–Trinajstić information content (AvgIpc) is 2.43. The van der Waals surface area contributed by atoms with Crippen LogP contribution in [0.3, 0.4) is 0 Å². The Labute approximate surface area is 110 Å². The first kappa shape index (κ1) is 12.7. The molecule has 19 heavy (non-hydrogen) atoms. The van der Waals surface area contributed by atoms with Crippen LogP contribution in [0.4, 0.5) is 21.5 Å². The quantitative estimate of drug-likeness (QED) is 0.829. The molecule has 0 aliphatic carbocycles. The maximum absolute atomic E-state index is 13.2. The van der Waals surface area contributed by atoms with Crippen LogP contribution in [0.1, 0.15) is 5.56 Å². The van der Waals surface area contributed by atoms with E-state index in [1.807, 2.05) is 0 Å². The third-order valence-corrected chi connectivity index (χ3v) is 2.65. The molecular weight excluding hydrogens is 245 g/mol. The first-order chi connectivity index (χ1) is 9.15. The second kappa shape index (κ2) is 5.27. The van der Waals surface area contributed by atoms with Crippen LogP contribution in [0.15, 0.2) is 36.4 Å². The number of nitriles is 1. The largest absolute Gasteiger partial charge is 0.495 e. The summed E-state index contributed by atoms with van der Waals surface area (Å²) in [5.74, 6) is -0.000664. The lowest BCUT2D eigenvalue weighted by Crippen LogP contribution is -1.99. The van der Waals surface area contributed by atoms with Crippen molar-refractivity contribution in [2.24, 2.45) is 0 Å². The van der Waals surface area contributed by atoms with Crippen molar-refractivity contribution in [1.82, 2.24) is 0 Å². The van der Waals surface area contributed by atoms with Gasteiger partial charge in [0, 0.05) is 5.69 Å². The molecule has 2 aromatic carbocycles. The fourth-order valence-electron chi connectivity index (χ4n) is 1.68. The molecule has 0 amide bonds. The molecule has 0 atom stereocenters. The zero-order chi connectivity index (χ0) is 13.8. The number of hydrogen-bond acceptors (Lipinski definition) is 4. The predicted molar refractivity (Wildman–Crippen MR) is 71.8 cm³/mol. The number of benzene rings is 2. The summed E-state index contributed by atoms with van der Waals surface area (Å²) in [5, 5.41) is 11.8. The second-order valence-corrected chi connectivity index (χ2v) is 3.85. The van der Waals surface area contributed by atoms with Gasteiger partial charge in [-0.1, -0.05) is 6.07 Å². The number of hydrogen-bond donors (Lipinski definition) is 2. The molecule has 3 N–H and O–H groups in total. The summed E-state index contributed by atoms with van der Waals surface area (Å²) in [6, 6.07) is 11.3. The molecule has 5 heteroatoms. The number of rotatable bonds is 3. The third-order valence-electron chi connectivity index (χ3n) is 2.65. The molecule has 0 aliphatic heterocycles. The summed E-state index contributed by atoms with van der Waals surface area (Å²) in [5.41, 5.74) is 7.56. The van der Waals surface area contributed by atoms with Crippen molar-refractivity contribution < 1.29 is 9.13 Å². The van der Waals surface area contributed by atoms with Gasteiger partial charge in [0.1, 0.15) is 17.6 Å². The minimum Gasteiger partial charge on any atom is -0.495 e. The van der Waals surface area contributed by atoms with E-state index in [9.17, 15) is 4.39 Å². The Hall–Kier alpha value is -2.74. The summed E-state index contributed by atoms with van der Waals surface area (Å²) in [6.45, 7) is 0. The molecule has 0 aromatic heterocycles. The first-order valence-electron chi connectivity index (χ1n) is 5.55. The van der Waals surface area contributed by atoms with Crippen molar-refractivity contribution in [3.8, 4) is 11.8 Å². The molecule has 0 fully saturated rings. The van der Waals surface area contributed by atoms with Gasteiger partial charge < -0.3 is 15.8 Å². The Morgan fingerprint density at radius 2 is 2.11 bits per heavy atom. The Morgan fingerprint density at radius 3 is 2.79 bits per heavy atom. The highest BCUT2D eigenvalue weighted by Gasteiger charge is 2.07. The lowest BCUT2D eigenvalue weighted by molar-refractivity contribution is 0.417. The maximum atomic E-state index is 13.2. The molecule has 0 heterocycles.